The summed E-state index contributed by atoms with van der Waals surface area (Å²) in [4.78, 5) is 15.0. The Balaban J connectivity index is 1.59. The maximum atomic E-state index is 6.28. The van der Waals surface area contributed by atoms with E-state index in [9.17, 15) is 0 Å². The lowest BCUT2D eigenvalue weighted by Gasteiger charge is -2.17. The molecular formula is C23H26ClN5OS. The molecule has 31 heavy (non-hydrogen) atoms. The van der Waals surface area contributed by atoms with Crippen LogP contribution in [-0.2, 0) is 0 Å². The van der Waals surface area contributed by atoms with E-state index in [4.69, 9.17) is 16.3 Å². The molecule has 162 valence electrons. The van der Waals surface area contributed by atoms with E-state index in [1.807, 2.05) is 42.5 Å². The molecule has 3 aromatic rings. The molecule has 4 rings (SSSR count). The molecule has 6 nitrogen and oxygen atoms in total. The Morgan fingerprint density at radius 3 is 2.39 bits per heavy atom. The molecule has 0 saturated heterocycles. The Bertz CT molecular complexity index is 997. The first-order valence-corrected chi connectivity index (χ1v) is 11.7. The van der Waals surface area contributed by atoms with Crippen LogP contribution in [0.4, 0.5) is 17.6 Å². The van der Waals surface area contributed by atoms with Crippen molar-refractivity contribution in [2.75, 3.05) is 17.7 Å². The maximum Gasteiger partial charge on any atom is 0.233 e. The summed E-state index contributed by atoms with van der Waals surface area (Å²) in [5, 5.41) is 7.96. The molecule has 8 heteroatoms. The lowest BCUT2D eigenvalue weighted by atomic mass is 10.1. The monoisotopic (exact) mass is 455 g/mol. The van der Waals surface area contributed by atoms with Crippen molar-refractivity contribution >= 4 is 40.9 Å². The highest BCUT2D eigenvalue weighted by molar-refractivity contribution is 7.99. The number of nitrogens with zero attached hydrogens (tertiary/aromatic N) is 3. The third-order valence-electron chi connectivity index (χ3n) is 5.16. The first kappa shape index (κ1) is 21.7. The van der Waals surface area contributed by atoms with Crippen LogP contribution in [0.2, 0.25) is 5.02 Å². The third kappa shape index (κ3) is 6.24. The fourth-order valence-electron chi connectivity index (χ4n) is 3.60. The van der Waals surface area contributed by atoms with E-state index in [-0.39, 0.29) is 0 Å². The van der Waals surface area contributed by atoms with Crippen LogP contribution >= 0.6 is 23.4 Å². The Hall–Kier alpha value is -2.51. The van der Waals surface area contributed by atoms with Crippen molar-refractivity contribution < 1.29 is 4.74 Å². The van der Waals surface area contributed by atoms with E-state index in [1.165, 1.54) is 37.4 Å². The molecule has 0 bridgehead atoms. The third-order valence-corrected chi connectivity index (χ3v) is 6.33. The van der Waals surface area contributed by atoms with Gasteiger partial charge < -0.3 is 15.4 Å². The number of methoxy groups -OCH3 is 1. The molecule has 1 aliphatic carbocycles. The number of halogens is 1. The molecule has 2 aromatic carbocycles. The zero-order valence-corrected chi connectivity index (χ0v) is 19.0. The predicted octanol–water partition coefficient (Wildman–Crippen LogP) is 6.56. The molecule has 0 aliphatic heterocycles. The number of anilines is 3. The van der Waals surface area contributed by atoms with Crippen molar-refractivity contribution in [3.05, 3.63) is 53.6 Å². The molecule has 1 heterocycles. The zero-order valence-electron chi connectivity index (χ0n) is 17.5. The average Bonchev–Trinajstić information content (AvgIpc) is 3.03. The van der Waals surface area contributed by atoms with Gasteiger partial charge in [-0.3, -0.25) is 0 Å². The van der Waals surface area contributed by atoms with Crippen LogP contribution in [0.3, 0.4) is 0 Å². The summed E-state index contributed by atoms with van der Waals surface area (Å²) in [6.45, 7) is 0. The normalized spacial score (nSPS) is 14.6. The van der Waals surface area contributed by atoms with Crippen LogP contribution in [0.15, 0.2) is 58.6 Å². The van der Waals surface area contributed by atoms with Gasteiger partial charge in [0, 0.05) is 16.6 Å². The number of benzene rings is 2. The van der Waals surface area contributed by atoms with E-state index >= 15 is 0 Å². The van der Waals surface area contributed by atoms with Crippen molar-refractivity contribution in [3.8, 4) is 5.75 Å². The summed E-state index contributed by atoms with van der Waals surface area (Å²) in [5.74, 6) is 1.70. The summed E-state index contributed by atoms with van der Waals surface area (Å²) in [7, 11) is 1.60. The lowest BCUT2D eigenvalue weighted by molar-refractivity contribution is 0.415. The Morgan fingerprint density at radius 1 is 0.935 bits per heavy atom. The van der Waals surface area contributed by atoms with Gasteiger partial charge in [-0.25, -0.2) is 0 Å². The fraction of sp³-hybridized carbons (Fsp3) is 0.348. The lowest BCUT2D eigenvalue weighted by Crippen LogP contribution is -2.20. The fourth-order valence-corrected chi connectivity index (χ4v) is 4.62. The molecule has 1 aromatic heterocycles. The van der Waals surface area contributed by atoms with Gasteiger partial charge in [0.15, 0.2) is 5.16 Å². The Labute approximate surface area is 192 Å². The Morgan fingerprint density at radius 2 is 1.68 bits per heavy atom. The smallest absolute Gasteiger partial charge is 0.233 e. The van der Waals surface area contributed by atoms with Crippen molar-refractivity contribution in [1.29, 1.82) is 0 Å². The first-order valence-electron chi connectivity index (χ1n) is 10.6. The van der Waals surface area contributed by atoms with E-state index in [1.54, 1.807) is 13.2 Å². The van der Waals surface area contributed by atoms with Gasteiger partial charge in [-0.1, -0.05) is 55.5 Å². The summed E-state index contributed by atoms with van der Waals surface area (Å²) in [6.07, 6.45) is 7.37. The molecule has 0 unspecified atom stereocenters. The average molecular weight is 456 g/mol. The van der Waals surface area contributed by atoms with Crippen LogP contribution < -0.4 is 15.4 Å². The summed E-state index contributed by atoms with van der Waals surface area (Å²) >= 11 is 7.79. The molecule has 1 saturated carbocycles. The molecule has 0 spiro atoms. The molecule has 1 aliphatic rings. The second-order valence-electron chi connectivity index (χ2n) is 7.49. The van der Waals surface area contributed by atoms with E-state index in [0.717, 1.165) is 23.4 Å². The summed E-state index contributed by atoms with van der Waals surface area (Å²) in [5.41, 5.74) is 0.785. The van der Waals surface area contributed by atoms with Gasteiger partial charge in [0.25, 0.3) is 0 Å². The number of hydrogen-bond donors (Lipinski definition) is 2. The van der Waals surface area contributed by atoms with Crippen molar-refractivity contribution in [2.45, 2.75) is 54.6 Å². The van der Waals surface area contributed by atoms with Gasteiger partial charge in [-0.05, 0) is 54.9 Å². The van der Waals surface area contributed by atoms with Crippen LogP contribution in [0.5, 0.6) is 5.75 Å². The molecule has 0 atom stereocenters. The second kappa shape index (κ2) is 10.7. The van der Waals surface area contributed by atoms with Gasteiger partial charge in [0.2, 0.25) is 11.9 Å². The second-order valence-corrected chi connectivity index (χ2v) is 8.94. The number of rotatable bonds is 7. The minimum Gasteiger partial charge on any atom is -0.495 e. The van der Waals surface area contributed by atoms with Gasteiger partial charge in [-0.2, -0.15) is 15.0 Å². The number of ether oxygens (including phenoxy) is 1. The predicted molar refractivity (Wildman–Crippen MR) is 127 cm³/mol. The highest BCUT2D eigenvalue weighted by Gasteiger charge is 2.16. The quantitative estimate of drug-likeness (QED) is 0.390. The van der Waals surface area contributed by atoms with Crippen molar-refractivity contribution in [2.24, 2.45) is 0 Å². The van der Waals surface area contributed by atoms with Gasteiger partial charge >= 0.3 is 0 Å². The van der Waals surface area contributed by atoms with Gasteiger partial charge in [-0.15, -0.1) is 0 Å². The highest BCUT2D eigenvalue weighted by atomic mass is 35.5. The molecule has 0 amide bonds. The van der Waals surface area contributed by atoms with E-state index < -0.39 is 0 Å². The summed E-state index contributed by atoms with van der Waals surface area (Å²) in [6, 6.07) is 16.0. The topological polar surface area (TPSA) is 72.0 Å². The zero-order chi connectivity index (χ0) is 21.5. The van der Waals surface area contributed by atoms with Crippen LogP contribution in [0.25, 0.3) is 0 Å². The Kier molecular flexibility index (Phi) is 7.48. The molecular weight excluding hydrogens is 430 g/mol. The minimum absolute atomic E-state index is 0.391. The van der Waals surface area contributed by atoms with Gasteiger partial charge in [0.1, 0.15) is 5.75 Å². The molecule has 1 fully saturated rings. The molecule has 2 N–H and O–H groups in total. The van der Waals surface area contributed by atoms with Crippen molar-refractivity contribution in [3.63, 3.8) is 0 Å². The van der Waals surface area contributed by atoms with Crippen molar-refractivity contribution in [1.82, 2.24) is 15.0 Å². The number of hydrogen-bond acceptors (Lipinski definition) is 7. The van der Waals surface area contributed by atoms with Gasteiger partial charge in [0.05, 0.1) is 12.1 Å². The van der Waals surface area contributed by atoms with E-state index in [2.05, 4.69) is 25.6 Å². The number of aromatic nitrogens is 3. The first-order chi connectivity index (χ1) is 15.2. The van der Waals surface area contributed by atoms with Crippen LogP contribution in [0.1, 0.15) is 38.5 Å². The van der Waals surface area contributed by atoms with Crippen LogP contribution in [0, 0.1) is 0 Å². The minimum atomic E-state index is 0.391. The van der Waals surface area contributed by atoms with E-state index in [0.29, 0.717) is 33.9 Å². The largest absolute Gasteiger partial charge is 0.495 e. The standard InChI is InChI=1S/C23H26ClN5OS/c1-30-20-14-13-17(15-19(20)24)26-22-27-21(25-16-9-5-2-3-6-10-16)28-23(29-22)31-18-11-7-4-8-12-18/h4,7-8,11-16H,2-3,5-6,9-10H2,1H3,(H2,25,26,27,28,29). The number of nitrogens with one attached hydrogen (secondary N) is 2. The summed E-state index contributed by atoms with van der Waals surface area (Å²) < 4.78 is 5.24. The molecule has 0 radical (unpaired) electrons. The SMILES string of the molecule is COc1ccc(Nc2nc(NC3CCCCCC3)nc(Sc3ccccc3)n2)cc1Cl. The maximum absolute atomic E-state index is 6.28. The highest BCUT2D eigenvalue weighted by Crippen LogP contribution is 2.30. The van der Waals surface area contributed by atoms with Crippen LogP contribution in [-0.4, -0.2) is 28.1 Å².